The first-order chi connectivity index (χ1) is 13.4. The number of anilines is 1. The van der Waals surface area contributed by atoms with E-state index in [-0.39, 0.29) is 17.7 Å². The molecular formula is C21H27F2N3O2. The molecular weight excluding hydrogens is 364 g/mol. The number of nitrogens with one attached hydrogen (secondary N) is 1. The molecule has 1 aliphatic rings. The van der Waals surface area contributed by atoms with Crippen molar-refractivity contribution in [2.24, 2.45) is 11.8 Å². The van der Waals surface area contributed by atoms with Crippen molar-refractivity contribution in [3.63, 3.8) is 0 Å². The number of alkyl halides is 2. The van der Waals surface area contributed by atoms with Gasteiger partial charge in [-0.25, -0.2) is 18.7 Å². The minimum absolute atomic E-state index is 0.0230. The van der Waals surface area contributed by atoms with Crippen LogP contribution in [-0.4, -0.2) is 28.9 Å². The Morgan fingerprint density at radius 3 is 2.82 bits per heavy atom. The van der Waals surface area contributed by atoms with Crippen LogP contribution in [0.5, 0.6) is 0 Å². The monoisotopic (exact) mass is 391 g/mol. The lowest BCUT2D eigenvalue weighted by Crippen LogP contribution is -2.16. The molecule has 1 aromatic heterocycles. The lowest BCUT2D eigenvalue weighted by atomic mass is 9.95. The summed E-state index contributed by atoms with van der Waals surface area (Å²) in [7, 11) is 0. The maximum Gasteiger partial charge on any atom is 0.272 e. The number of hydrogen-bond donors (Lipinski definition) is 1. The summed E-state index contributed by atoms with van der Waals surface area (Å²) in [5.41, 5.74) is 1.63. The molecule has 1 unspecified atom stereocenters. The van der Waals surface area contributed by atoms with Crippen LogP contribution in [0.2, 0.25) is 0 Å². The first-order valence-corrected chi connectivity index (χ1v) is 9.50. The van der Waals surface area contributed by atoms with E-state index in [0.29, 0.717) is 24.5 Å². The van der Waals surface area contributed by atoms with Gasteiger partial charge in [0.1, 0.15) is 12.4 Å². The average molecular weight is 391 g/mol. The fourth-order valence-electron chi connectivity index (χ4n) is 2.65. The number of rotatable bonds is 11. The molecule has 1 aliphatic carbocycles. The number of nitrogens with zero attached hydrogens (tertiary/aromatic N) is 2. The standard InChI is InChI=1S/C21H27F2N3O2/c1-4-6-18(28-13-19(22)23)12-15(5-2)14(3)11-17-9-10-24-21(25-17)26-20(27)16-7-8-16/h5-6,9-10,12,14,16,19H,2,4,7-8,11,13H2,1,3H3,(H,24,25,26,27)/b15-12+,18-6+. The minimum atomic E-state index is -2.52. The smallest absolute Gasteiger partial charge is 0.272 e. The predicted molar refractivity (Wildman–Crippen MR) is 105 cm³/mol. The van der Waals surface area contributed by atoms with Gasteiger partial charge in [-0.2, -0.15) is 0 Å². The highest BCUT2D eigenvalue weighted by Gasteiger charge is 2.30. The maximum absolute atomic E-state index is 12.4. The maximum atomic E-state index is 12.4. The van der Waals surface area contributed by atoms with Crippen LogP contribution in [0.4, 0.5) is 14.7 Å². The molecule has 152 valence electrons. The van der Waals surface area contributed by atoms with Crippen molar-refractivity contribution in [1.29, 1.82) is 0 Å². The molecule has 1 heterocycles. The Labute approximate surface area is 164 Å². The molecule has 0 spiro atoms. The molecule has 2 rings (SSSR count). The van der Waals surface area contributed by atoms with Crippen molar-refractivity contribution in [2.75, 3.05) is 11.9 Å². The van der Waals surface area contributed by atoms with E-state index in [1.165, 1.54) is 0 Å². The highest BCUT2D eigenvalue weighted by atomic mass is 19.3. The zero-order valence-corrected chi connectivity index (χ0v) is 16.3. The minimum Gasteiger partial charge on any atom is -0.488 e. The number of carbonyl (C=O) groups is 1. The second-order valence-corrected chi connectivity index (χ2v) is 6.81. The highest BCUT2D eigenvalue weighted by Crippen LogP contribution is 2.29. The second kappa shape index (κ2) is 10.7. The molecule has 1 N–H and O–H groups in total. The van der Waals surface area contributed by atoms with Crippen molar-refractivity contribution in [1.82, 2.24) is 9.97 Å². The Bertz CT molecular complexity index is 743. The van der Waals surface area contributed by atoms with E-state index in [1.807, 2.05) is 13.8 Å². The average Bonchev–Trinajstić information content (AvgIpc) is 3.49. The summed E-state index contributed by atoms with van der Waals surface area (Å²) in [6.45, 7) is 7.09. The number of aromatic nitrogens is 2. The number of halogens is 2. The van der Waals surface area contributed by atoms with E-state index in [9.17, 15) is 13.6 Å². The van der Waals surface area contributed by atoms with E-state index < -0.39 is 13.0 Å². The van der Waals surface area contributed by atoms with Gasteiger partial charge >= 0.3 is 0 Å². The summed E-state index contributed by atoms with van der Waals surface area (Å²) in [5, 5.41) is 2.74. The van der Waals surface area contributed by atoms with Crippen molar-refractivity contribution < 1.29 is 18.3 Å². The zero-order valence-electron chi connectivity index (χ0n) is 16.3. The van der Waals surface area contributed by atoms with Crippen LogP contribution < -0.4 is 5.32 Å². The van der Waals surface area contributed by atoms with Crippen molar-refractivity contribution in [3.8, 4) is 0 Å². The highest BCUT2D eigenvalue weighted by molar-refractivity contribution is 5.92. The van der Waals surface area contributed by atoms with Crippen LogP contribution in [0.15, 0.2) is 48.4 Å². The third-order valence-corrected chi connectivity index (χ3v) is 4.31. The molecule has 1 atom stereocenters. The fourth-order valence-corrected chi connectivity index (χ4v) is 2.65. The van der Waals surface area contributed by atoms with Gasteiger partial charge in [-0.1, -0.05) is 26.5 Å². The summed E-state index contributed by atoms with van der Waals surface area (Å²) in [4.78, 5) is 20.4. The van der Waals surface area contributed by atoms with Gasteiger partial charge in [-0.15, -0.1) is 0 Å². The molecule has 28 heavy (non-hydrogen) atoms. The summed E-state index contributed by atoms with van der Waals surface area (Å²) >= 11 is 0. The summed E-state index contributed by atoms with van der Waals surface area (Å²) in [6.07, 6.45) is 7.36. The lowest BCUT2D eigenvalue weighted by Gasteiger charge is -2.15. The van der Waals surface area contributed by atoms with Crippen LogP contribution >= 0.6 is 0 Å². The van der Waals surface area contributed by atoms with Crippen LogP contribution in [0.3, 0.4) is 0 Å². The van der Waals surface area contributed by atoms with E-state index >= 15 is 0 Å². The van der Waals surface area contributed by atoms with Gasteiger partial charge in [0.25, 0.3) is 6.43 Å². The molecule has 0 aromatic carbocycles. The fraction of sp³-hybridized carbons (Fsp3) is 0.476. The normalized spacial score (nSPS) is 16.0. The van der Waals surface area contributed by atoms with E-state index in [4.69, 9.17) is 4.74 Å². The Balaban J connectivity index is 2.05. The first-order valence-electron chi connectivity index (χ1n) is 9.50. The van der Waals surface area contributed by atoms with Crippen LogP contribution in [0.1, 0.15) is 38.8 Å². The summed E-state index contributed by atoms with van der Waals surface area (Å²) in [5.74, 6) is 0.776. The molecule has 5 nitrogen and oxygen atoms in total. The second-order valence-electron chi connectivity index (χ2n) is 6.81. The molecule has 1 aromatic rings. The number of allylic oxidation sites excluding steroid dienone is 4. The van der Waals surface area contributed by atoms with Crippen molar-refractivity contribution in [2.45, 2.75) is 46.0 Å². The van der Waals surface area contributed by atoms with Crippen molar-refractivity contribution in [3.05, 3.63) is 54.1 Å². The van der Waals surface area contributed by atoms with Gasteiger partial charge in [0.05, 0.1) is 0 Å². The van der Waals surface area contributed by atoms with Crippen LogP contribution in [0.25, 0.3) is 0 Å². The SMILES string of the molecule is C=C/C(=C\C(=C/CC)OCC(F)F)C(C)Cc1ccnc(NC(=O)C2CC2)n1. The van der Waals surface area contributed by atoms with E-state index in [2.05, 4.69) is 21.9 Å². The number of amides is 1. The molecule has 0 aliphatic heterocycles. The Hall–Kier alpha value is -2.57. The number of hydrogen-bond acceptors (Lipinski definition) is 4. The third-order valence-electron chi connectivity index (χ3n) is 4.31. The Morgan fingerprint density at radius 1 is 1.46 bits per heavy atom. The van der Waals surface area contributed by atoms with E-state index in [1.54, 1.807) is 30.5 Å². The van der Waals surface area contributed by atoms with Gasteiger partial charge in [-0.05, 0) is 55.4 Å². The van der Waals surface area contributed by atoms with Gasteiger partial charge in [-0.3, -0.25) is 10.1 Å². The summed E-state index contributed by atoms with van der Waals surface area (Å²) < 4.78 is 30.1. The predicted octanol–water partition coefficient (Wildman–Crippen LogP) is 4.69. The molecule has 1 amide bonds. The van der Waals surface area contributed by atoms with Crippen LogP contribution in [-0.2, 0) is 16.0 Å². The largest absolute Gasteiger partial charge is 0.488 e. The molecule has 0 saturated heterocycles. The Morgan fingerprint density at radius 2 is 2.21 bits per heavy atom. The third kappa shape index (κ3) is 7.21. The lowest BCUT2D eigenvalue weighted by molar-refractivity contribution is -0.117. The van der Waals surface area contributed by atoms with Crippen LogP contribution in [0, 0.1) is 11.8 Å². The number of ether oxygens (including phenoxy) is 1. The van der Waals surface area contributed by atoms with E-state index in [0.717, 1.165) is 24.1 Å². The Kier molecular flexibility index (Phi) is 8.29. The molecule has 1 fully saturated rings. The van der Waals surface area contributed by atoms with Gasteiger partial charge in [0.15, 0.2) is 0 Å². The topological polar surface area (TPSA) is 64.1 Å². The molecule has 0 radical (unpaired) electrons. The zero-order chi connectivity index (χ0) is 20.5. The van der Waals surface area contributed by atoms with Gasteiger partial charge < -0.3 is 4.74 Å². The quantitative estimate of drug-likeness (QED) is 0.439. The molecule has 7 heteroatoms. The molecule has 0 bridgehead atoms. The number of carbonyl (C=O) groups excluding carboxylic acids is 1. The first kappa shape index (κ1) is 21.7. The van der Waals surface area contributed by atoms with Crippen molar-refractivity contribution >= 4 is 11.9 Å². The van der Waals surface area contributed by atoms with Gasteiger partial charge in [0, 0.05) is 17.8 Å². The summed E-state index contributed by atoms with van der Waals surface area (Å²) in [6, 6.07) is 1.79. The van der Waals surface area contributed by atoms with Gasteiger partial charge in [0.2, 0.25) is 11.9 Å². The molecule has 1 saturated carbocycles.